The Morgan fingerprint density at radius 1 is 1.40 bits per heavy atom. The van der Waals surface area contributed by atoms with E-state index in [0.717, 1.165) is 21.7 Å². The minimum absolute atomic E-state index is 0.357. The Morgan fingerprint density at radius 3 is 2.27 bits per heavy atom. The number of benzene rings is 1. The molecule has 0 saturated heterocycles. The first-order chi connectivity index (χ1) is 6.91. The Bertz CT molecular complexity index is 362. The molecule has 1 aromatic rings. The summed E-state index contributed by atoms with van der Waals surface area (Å²) in [7, 11) is 0. The van der Waals surface area contributed by atoms with E-state index in [9.17, 15) is 4.79 Å². The van der Waals surface area contributed by atoms with E-state index in [4.69, 9.17) is 16.7 Å². The molecule has 0 aliphatic rings. The van der Waals surface area contributed by atoms with Crippen LogP contribution in [0.25, 0.3) is 0 Å². The third kappa shape index (κ3) is 2.96. The van der Waals surface area contributed by atoms with E-state index in [1.54, 1.807) is 6.92 Å². The summed E-state index contributed by atoms with van der Waals surface area (Å²) in [5.74, 6) is -1.12. The maximum atomic E-state index is 10.7. The van der Waals surface area contributed by atoms with Crippen molar-refractivity contribution in [3.8, 4) is 0 Å². The van der Waals surface area contributed by atoms with Gasteiger partial charge in [-0.15, -0.1) is 0 Å². The van der Waals surface area contributed by atoms with Gasteiger partial charge in [-0.1, -0.05) is 30.7 Å². The molecule has 0 aromatic heterocycles. The van der Waals surface area contributed by atoms with Gasteiger partial charge in [0.1, 0.15) is 0 Å². The number of carboxylic acids is 1. The minimum atomic E-state index is -0.764. The van der Waals surface area contributed by atoms with E-state index in [2.05, 4.69) is 0 Å². The van der Waals surface area contributed by atoms with Crippen LogP contribution in [0.5, 0.6) is 0 Å². The highest BCUT2D eigenvalue weighted by Crippen LogP contribution is 2.23. The third-order valence-corrected chi connectivity index (χ3v) is 3.06. The molecule has 0 heterocycles. The van der Waals surface area contributed by atoms with E-state index < -0.39 is 5.97 Å². The molecule has 3 heteroatoms. The maximum absolute atomic E-state index is 10.7. The fraction of sp³-hybridized carbons (Fsp3) is 0.417. The van der Waals surface area contributed by atoms with Crippen LogP contribution in [0.2, 0.25) is 5.02 Å². The molecule has 1 atom stereocenters. The minimum Gasteiger partial charge on any atom is -0.481 e. The van der Waals surface area contributed by atoms with Crippen LogP contribution in [0.1, 0.15) is 23.6 Å². The molecule has 1 rings (SSSR count). The summed E-state index contributed by atoms with van der Waals surface area (Å²) in [4.78, 5) is 10.7. The van der Waals surface area contributed by atoms with Crippen LogP contribution < -0.4 is 0 Å². The molecule has 0 amide bonds. The van der Waals surface area contributed by atoms with Crippen molar-refractivity contribution in [3.63, 3.8) is 0 Å². The molecule has 0 saturated carbocycles. The van der Waals surface area contributed by atoms with Gasteiger partial charge in [-0.05, 0) is 37.0 Å². The van der Waals surface area contributed by atoms with Crippen molar-refractivity contribution in [3.05, 3.63) is 33.8 Å². The van der Waals surface area contributed by atoms with Crippen LogP contribution in [0, 0.1) is 19.8 Å². The topological polar surface area (TPSA) is 37.3 Å². The van der Waals surface area contributed by atoms with Crippen molar-refractivity contribution in [1.82, 2.24) is 0 Å². The lowest BCUT2D eigenvalue weighted by atomic mass is 9.98. The Hall–Kier alpha value is -1.02. The molecule has 2 nitrogen and oxygen atoms in total. The zero-order valence-electron chi connectivity index (χ0n) is 9.17. The lowest BCUT2D eigenvalue weighted by Crippen LogP contribution is -2.12. The van der Waals surface area contributed by atoms with Gasteiger partial charge in [0.15, 0.2) is 0 Å². The summed E-state index contributed by atoms with van der Waals surface area (Å²) in [5.41, 5.74) is 3.04. The van der Waals surface area contributed by atoms with E-state index in [0.29, 0.717) is 6.42 Å². The first-order valence-corrected chi connectivity index (χ1v) is 5.28. The Morgan fingerprint density at radius 2 is 1.87 bits per heavy atom. The second-order valence-electron chi connectivity index (χ2n) is 3.99. The van der Waals surface area contributed by atoms with Crippen molar-refractivity contribution in [2.45, 2.75) is 27.2 Å². The van der Waals surface area contributed by atoms with Crippen LogP contribution in [0.15, 0.2) is 12.1 Å². The molecule has 1 unspecified atom stereocenters. The van der Waals surface area contributed by atoms with Crippen LogP contribution in [-0.2, 0) is 11.2 Å². The lowest BCUT2D eigenvalue weighted by Gasteiger charge is -2.10. The van der Waals surface area contributed by atoms with Gasteiger partial charge in [0.25, 0.3) is 0 Å². The number of aliphatic carboxylic acids is 1. The number of halogens is 1. The zero-order chi connectivity index (χ0) is 11.6. The summed E-state index contributed by atoms with van der Waals surface area (Å²) in [6, 6.07) is 3.91. The van der Waals surface area contributed by atoms with Crippen molar-refractivity contribution in [1.29, 1.82) is 0 Å². The molecule has 15 heavy (non-hydrogen) atoms. The van der Waals surface area contributed by atoms with Crippen LogP contribution in [0.3, 0.4) is 0 Å². The molecular formula is C12H15ClO2. The summed E-state index contributed by atoms with van der Waals surface area (Å²) in [6.07, 6.45) is 0.550. The van der Waals surface area contributed by atoms with Crippen LogP contribution in [0.4, 0.5) is 0 Å². The molecule has 1 aromatic carbocycles. The normalized spacial score (nSPS) is 12.5. The number of rotatable bonds is 3. The number of aryl methyl sites for hydroxylation is 2. The van der Waals surface area contributed by atoms with Gasteiger partial charge in [0.2, 0.25) is 0 Å². The SMILES string of the molecule is Cc1cc(CC(C)C(=O)O)cc(C)c1Cl. The molecule has 82 valence electrons. The number of hydrogen-bond donors (Lipinski definition) is 1. The number of carboxylic acid groups (broad SMARTS) is 1. The second-order valence-corrected chi connectivity index (χ2v) is 4.36. The Balaban J connectivity index is 2.92. The Labute approximate surface area is 94.9 Å². The van der Waals surface area contributed by atoms with E-state index in [1.165, 1.54) is 0 Å². The zero-order valence-corrected chi connectivity index (χ0v) is 9.93. The molecular weight excluding hydrogens is 212 g/mol. The van der Waals surface area contributed by atoms with Gasteiger partial charge in [0.05, 0.1) is 5.92 Å². The predicted molar refractivity (Wildman–Crippen MR) is 61.4 cm³/mol. The van der Waals surface area contributed by atoms with Crippen molar-refractivity contribution < 1.29 is 9.90 Å². The third-order valence-electron chi connectivity index (χ3n) is 2.46. The van der Waals surface area contributed by atoms with Gasteiger partial charge < -0.3 is 5.11 Å². The van der Waals surface area contributed by atoms with Crippen molar-refractivity contribution in [2.24, 2.45) is 5.92 Å². The molecule has 0 bridgehead atoms. The average molecular weight is 227 g/mol. The highest BCUT2D eigenvalue weighted by atomic mass is 35.5. The summed E-state index contributed by atoms with van der Waals surface area (Å²) in [6.45, 7) is 5.58. The predicted octanol–water partition coefficient (Wildman–Crippen LogP) is 3.22. The van der Waals surface area contributed by atoms with Crippen molar-refractivity contribution in [2.75, 3.05) is 0 Å². The summed E-state index contributed by atoms with van der Waals surface area (Å²) >= 11 is 6.03. The fourth-order valence-corrected chi connectivity index (χ4v) is 1.70. The summed E-state index contributed by atoms with van der Waals surface area (Å²) in [5, 5.41) is 9.58. The van der Waals surface area contributed by atoms with Gasteiger partial charge in [0, 0.05) is 5.02 Å². The van der Waals surface area contributed by atoms with E-state index in [-0.39, 0.29) is 5.92 Å². The highest BCUT2D eigenvalue weighted by molar-refractivity contribution is 6.32. The quantitative estimate of drug-likeness (QED) is 0.859. The largest absolute Gasteiger partial charge is 0.481 e. The molecule has 0 aliphatic heterocycles. The average Bonchev–Trinajstić information content (AvgIpc) is 2.13. The lowest BCUT2D eigenvalue weighted by molar-refractivity contribution is -0.141. The van der Waals surface area contributed by atoms with E-state index in [1.807, 2.05) is 26.0 Å². The second kappa shape index (κ2) is 4.67. The standard InChI is InChI=1S/C12H15ClO2/c1-7-4-10(5-8(2)11(7)13)6-9(3)12(14)15/h4-5,9H,6H2,1-3H3,(H,14,15). The van der Waals surface area contributed by atoms with Gasteiger partial charge in [-0.25, -0.2) is 0 Å². The van der Waals surface area contributed by atoms with Gasteiger partial charge in [-0.3, -0.25) is 4.79 Å². The molecule has 0 fully saturated rings. The van der Waals surface area contributed by atoms with Crippen LogP contribution >= 0.6 is 11.6 Å². The smallest absolute Gasteiger partial charge is 0.306 e. The monoisotopic (exact) mass is 226 g/mol. The molecule has 0 radical (unpaired) electrons. The van der Waals surface area contributed by atoms with Gasteiger partial charge >= 0.3 is 5.97 Å². The molecule has 0 spiro atoms. The fourth-order valence-electron chi connectivity index (χ4n) is 1.59. The van der Waals surface area contributed by atoms with Gasteiger partial charge in [-0.2, -0.15) is 0 Å². The molecule has 1 N–H and O–H groups in total. The summed E-state index contributed by atoms with van der Waals surface area (Å²) < 4.78 is 0. The number of hydrogen-bond acceptors (Lipinski definition) is 1. The maximum Gasteiger partial charge on any atom is 0.306 e. The molecule has 0 aliphatic carbocycles. The number of carbonyl (C=O) groups is 1. The van der Waals surface area contributed by atoms with Crippen LogP contribution in [-0.4, -0.2) is 11.1 Å². The first-order valence-electron chi connectivity index (χ1n) is 4.90. The highest BCUT2D eigenvalue weighted by Gasteiger charge is 2.12. The Kier molecular flexibility index (Phi) is 3.75. The van der Waals surface area contributed by atoms with Crippen molar-refractivity contribution >= 4 is 17.6 Å². The van der Waals surface area contributed by atoms with E-state index >= 15 is 0 Å². The first kappa shape index (κ1) is 12.1.